The summed E-state index contributed by atoms with van der Waals surface area (Å²) in [4.78, 5) is 0.290. The van der Waals surface area contributed by atoms with Gasteiger partial charge in [0, 0.05) is 5.69 Å². The zero-order chi connectivity index (χ0) is 15.6. The first-order valence-corrected chi connectivity index (χ1v) is 8.48. The summed E-state index contributed by atoms with van der Waals surface area (Å²) in [6.07, 6.45) is 0. The Morgan fingerprint density at radius 3 is 2.05 bits per heavy atom. The van der Waals surface area contributed by atoms with Crippen molar-refractivity contribution in [2.75, 3.05) is 4.72 Å². The van der Waals surface area contributed by atoms with Crippen molar-refractivity contribution in [2.24, 2.45) is 0 Å². The Bertz CT molecular complexity index is 732. The predicted molar refractivity (Wildman–Crippen MR) is 87.3 cm³/mol. The van der Waals surface area contributed by atoms with Crippen LogP contribution in [0.5, 0.6) is 0 Å². The number of hydrogen-bond donors (Lipinski definition) is 1. The van der Waals surface area contributed by atoms with E-state index in [9.17, 15) is 8.42 Å². The van der Waals surface area contributed by atoms with E-state index in [0.717, 1.165) is 11.1 Å². The fraction of sp³-hybridized carbons (Fsp3) is 0.294. The van der Waals surface area contributed by atoms with Gasteiger partial charge in [0.25, 0.3) is 10.0 Å². The van der Waals surface area contributed by atoms with Crippen molar-refractivity contribution in [3.8, 4) is 0 Å². The van der Waals surface area contributed by atoms with Crippen LogP contribution in [0.2, 0.25) is 0 Å². The van der Waals surface area contributed by atoms with Gasteiger partial charge >= 0.3 is 0 Å². The summed E-state index contributed by atoms with van der Waals surface area (Å²) in [5.41, 5.74) is 3.81. The molecule has 0 unspecified atom stereocenters. The summed E-state index contributed by atoms with van der Waals surface area (Å²) in [5.74, 6) is 0.426. The summed E-state index contributed by atoms with van der Waals surface area (Å²) in [6, 6.07) is 12.6. The lowest BCUT2D eigenvalue weighted by Gasteiger charge is -2.11. The lowest BCUT2D eigenvalue weighted by atomic mass is 10.0. The highest BCUT2D eigenvalue weighted by molar-refractivity contribution is 7.92. The van der Waals surface area contributed by atoms with Crippen LogP contribution in [-0.2, 0) is 10.0 Å². The molecule has 0 fully saturated rings. The van der Waals surface area contributed by atoms with Crippen molar-refractivity contribution in [3.63, 3.8) is 0 Å². The summed E-state index contributed by atoms with van der Waals surface area (Å²) in [6.45, 7) is 8.08. The molecular formula is C17H21NO2S. The topological polar surface area (TPSA) is 46.2 Å². The molecule has 1 N–H and O–H groups in total. The molecule has 0 aromatic heterocycles. The van der Waals surface area contributed by atoms with Crippen molar-refractivity contribution in [3.05, 3.63) is 59.2 Å². The molecule has 0 spiro atoms. The zero-order valence-corrected chi connectivity index (χ0v) is 13.7. The highest BCUT2D eigenvalue weighted by Gasteiger charge is 2.14. The van der Waals surface area contributed by atoms with Gasteiger partial charge in [0.05, 0.1) is 4.90 Å². The van der Waals surface area contributed by atoms with E-state index in [4.69, 9.17) is 0 Å². The highest BCUT2D eigenvalue weighted by Crippen LogP contribution is 2.21. The number of hydrogen-bond acceptors (Lipinski definition) is 2. The van der Waals surface area contributed by atoms with Gasteiger partial charge in [-0.15, -0.1) is 0 Å². The summed E-state index contributed by atoms with van der Waals surface area (Å²) >= 11 is 0. The van der Waals surface area contributed by atoms with Gasteiger partial charge in [-0.2, -0.15) is 0 Å². The zero-order valence-electron chi connectivity index (χ0n) is 12.8. The van der Waals surface area contributed by atoms with Gasteiger partial charge in [-0.25, -0.2) is 8.42 Å². The molecule has 0 heterocycles. The number of nitrogens with one attached hydrogen (secondary N) is 1. The maximum atomic E-state index is 12.4. The van der Waals surface area contributed by atoms with Gasteiger partial charge in [0.15, 0.2) is 0 Å². The largest absolute Gasteiger partial charge is 0.280 e. The molecule has 112 valence electrons. The van der Waals surface area contributed by atoms with Gasteiger partial charge in [-0.1, -0.05) is 32.0 Å². The molecule has 0 amide bonds. The van der Waals surface area contributed by atoms with Gasteiger partial charge < -0.3 is 0 Å². The molecule has 2 aromatic carbocycles. The fourth-order valence-electron chi connectivity index (χ4n) is 2.03. The molecule has 0 bridgehead atoms. The van der Waals surface area contributed by atoms with Crippen LogP contribution in [0.4, 0.5) is 5.69 Å². The Morgan fingerprint density at radius 1 is 0.905 bits per heavy atom. The maximum absolute atomic E-state index is 12.4. The van der Waals surface area contributed by atoms with E-state index in [-0.39, 0.29) is 0 Å². The van der Waals surface area contributed by atoms with E-state index in [1.54, 1.807) is 24.3 Å². The van der Waals surface area contributed by atoms with Gasteiger partial charge in [0.2, 0.25) is 0 Å². The highest BCUT2D eigenvalue weighted by atomic mass is 32.2. The second kappa shape index (κ2) is 5.90. The number of sulfonamides is 1. The van der Waals surface area contributed by atoms with Crippen LogP contribution in [0, 0.1) is 13.8 Å². The van der Waals surface area contributed by atoms with E-state index in [0.29, 0.717) is 16.5 Å². The summed E-state index contributed by atoms with van der Waals surface area (Å²) in [5, 5.41) is 0. The Balaban J connectivity index is 2.26. The van der Waals surface area contributed by atoms with Crippen LogP contribution in [0.25, 0.3) is 0 Å². The third kappa shape index (κ3) is 3.64. The molecule has 0 saturated carbocycles. The number of rotatable bonds is 4. The van der Waals surface area contributed by atoms with E-state index in [1.807, 2.05) is 32.0 Å². The molecule has 2 aromatic rings. The smallest absolute Gasteiger partial charge is 0.261 e. The first kappa shape index (κ1) is 15.6. The number of aryl methyl sites for hydroxylation is 2. The third-order valence-corrected chi connectivity index (χ3v) is 5.00. The first-order chi connectivity index (χ1) is 9.79. The van der Waals surface area contributed by atoms with Gasteiger partial charge in [0.1, 0.15) is 0 Å². The molecule has 4 heteroatoms. The minimum absolute atomic E-state index is 0.290. The average Bonchev–Trinajstić information content (AvgIpc) is 2.42. The molecule has 0 aliphatic heterocycles. The first-order valence-electron chi connectivity index (χ1n) is 6.99. The Kier molecular flexibility index (Phi) is 4.37. The van der Waals surface area contributed by atoms with E-state index >= 15 is 0 Å². The summed E-state index contributed by atoms with van der Waals surface area (Å²) in [7, 11) is -3.54. The van der Waals surface area contributed by atoms with Crippen molar-refractivity contribution in [1.82, 2.24) is 0 Å². The second-order valence-electron chi connectivity index (χ2n) is 5.63. The lowest BCUT2D eigenvalue weighted by molar-refractivity contribution is 0.601. The van der Waals surface area contributed by atoms with Crippen LogP contribution >= 0.6 is 0 Å². The number of benzene rings is 2. The van der Waals surface area contributed by atoms with Crippen molar-refractivity contribution in [2.45, 2.75) is 38.5 Å². The quantitative estimate of drug-likeness (QED) is 0.919. The van der Waals surface area contributed by atoms with Gasteiger partial charge in [-0.05, 0) is 60.7 Å². The number of anilines is 1. The lowest BCUT2D eigenvalue weighted by Crippen LogP contribution is -2.13. The van der Waals surface area contributed by atoms with Crippen molar-refractivity contribution < 1.29 is 8.42 Å². The summed E-state index contributed by atoms with van der Waals surface area (Å²) < 4.78 is 27.4. The molecular weight excluding hydrogens is 282 g/mol. The Labute approximate surface area is 127 Å². The normalized spacial score (nSPS) is 11.7. The molecule has 0 atom stereocenters. The monoisotopic (exact) mass is 303 g/mol. The third-order valence-electron chi connectivity index (χ3n) is 3.62. The molecule has 0 aliphatic carbocycles. The second-order valence-corrected chi connectivity index (χ2v) is 7.31. The predicted octanol–water partition coefficient (Wildman–Crippen LogP) is 4.23. The minimum atomic E-state index is -3.54. The SMILES string of the molecule is Cc1ccc(S(=O)(=O)Nc2ccc(C(C)C)cc2)cc1C. The van der Waals surface area contributed by atoms with Gasteiger partial charge in [-0.3, -0.25) is 4.72 Å². The molecule has 21 heavy (non-hydrogen) atoms. The van der Waals surface area contributed by atoms with Crippen LogP contribution in [-0.4, -0.2) is 8.42 Å². The fourth-order valence-corrected chi connectivity index (χ4v) is 3.17. The van der Waals surface area contributed by atoms with E-state index in [1.165, 1.54) is 5.56 Å². The minimum Gasteiger partial charge on any atom is -0.280 e. The average molecular weight is 303 g/mol. The van der Waals surface area contributed by atoms with Crippen molar-refractivity contribution >= 4 is 15.7 Å². The molecule has 3 nitrogen and oxygen atoms in total. The van der Waals surface area contributed by atoms with Crippen LogP contribution in [0.3, 0.4) is 0 Å². The molecule has 2 rings (SSSR count). The van der Waals surface area contributed by atoms with Crippen LogP contribution in [0.15, 0.2) is 47.4 Å². The molecule has 0 saturated heterocycles. The molecule has 0 aliphatic rings. The Morgan fingerprint density at radius 2 is 1.52 bits per heavy atom. The van der Waals surface area contributed by atoms with E-state index < -0.39 is 10.0 Å². The Hall–Kier alpha value is -1.81. The van der Waals surface area contributed by atoms with Crippen molar-refractivity contribution in [1.29, 1.82) is 0 Å². The molecule has 0 radical (unpaired) electrons. The van der Waals surface area contributed by atoms with Crippen LogP contribution < -0.4 is 4.72 Å². The standard InChI is InChI=1S/C17H21NO2S/c1-12(2)15-6-8-16(9-7-15)18-21(19,20)17-10-5-13(3)14(4)11-17/h5-12,18H,1-4H3. The van der Waals surface area contributed by atoms with Crippen LogP contribution in [0.1, 0.15) is 36.5 Å². The van der Waals surface area contributed by atoms with E-state index in [2.05, 4.69) is 18.6 Å². The maximum Gasteiger partial charge on any atom is 0.261 e.